The quantitative estimate of drug-likeness (QED) is 0.452. The van der Waals surface area contributed by atoms with Crippen molar-refractivity contribution in [1.82, 2.24) is 4.98 Å². The van der Waals surface area contributed by atoms with Crippen molar-refractivity contribution in [3.8, 4) is 0 Å². The van der Waals surface area contributed by atoms with Gasteiger partial charge >= 0.3 is 0 Å². The number of nitro benzene ring substituents is 1. The molecule has 0 fully saturated rings. The van der Waals surface area contributed by atoms with Crippen molar-refractivity contribution >= 4 is 33.9 Å². The molecule has 21 heavy (non-hydrogen) atoms. The number of nitrogens with zero attached hydrogens (tertiary/aromatic N) is 2. The van der Waals surface area contributed by atoms with Crippen LogP contribution in [0.1, 0.15) is 19.3 Å². The summed E-state index contributed by atoms with van der Waals surface area (Å²) >= 11 is 1.87. The lowest BCUT2D eigenvalue weighted by Gasteiger charge is -2.09. The molecule has 0 amide bonds. The summed E-state index contributed by atoms with van der Waals surface area (Å²) < 4.78 is 0. The van der Waals surface area contributed by atoms with E-state index < -0.39 is 0 Å². The van der Waals surface area contributed by atoms with Gasteiger partial charge in [-0.2, -0.15) is 11.8 Å². The zero-order valence-electron chi connectivity index (χ0n) is 12.0. The number of fused-ring (bicyclic) bond motifs is 1. The molecule has 2 aromatic rings. The number of benzene rings is 1. The van der Waals surface area contributed by atoms with E-state index >= 15 is 0 Å². The molecule has 5 nitrogen and oxygen atoms in total. The Morgan fingerprint density at radius 3 is 2.86 bits per heavy atom. The summed E-state index contributed by atoms with van der Waals surface area (Å²) in [6.07, 6.45) is 8.86. The number of pyridine rings is 1. The predicted molar refractivity (Wildman–Crippen MR) is 89.1 cm³/mol. The molecule has 0 aliphatic heterocycles. The number of thioether (sulfide) groups is 1. The Morgan fingerprint density at radius 1 is 1.24 bits per heavy atom. The normalized spacial score (nSPS) is 10.7. The molecule has 1 aromatic carbocycles. The van der Waals surface area contributed by atoms with Gasteiger partial charge in [0.1, 0.15) is 0 Å². The molecule has 1 heterocycles. The number of unbranched alkanes of at least 4 members (excludes halogenated alkanes) is 2. The van der Waals surface area contributed by atoms with Gasteiger partial charge < -0.3 is 5.32 Å². The molecular weight excluding hydrogens is 286 g/mol. The summed E-state index contributed by atoms with van der Waals surface area (Å²) in [5, 5.41) is 15.8. The summed E-state index contributed by atoms with van der Waals surface area (Å²) in [6.45, 7) is 0.879. The van der Waals surface area contributed by atoms with Crippen LogP contribution in [0.4, 0.5) is 11.4 Å². The zero-order chi connectivity index (χ0) is 15.1. The second-order valence-electron chi connectivity index (χ2n) is 4.79. The van der Waals surface area contributed by atoms with Crippen molar-refractivity contribution in [3.05, 3.63) is 40.7 Å². The van der Waals surface area contributed by atoms with Gasteiger partial charge in [-0.25, -0.2) is 0 Å². The third-order valence-corrected chi connectivity index (χ3v) is 4.03. The molecule has 6 heteroatoms. The minimum Gasteiger partial charge on any atom is -0.385 e. The maximum absolute atomic E-state index is 11.0. The van der Waals surface area contributed by atoms with E-state index in [4.69, 9.17) is 0 Å². The Labute approximate surface area is 128 Å². The maximum Gasteiger partial charge on any atom is 0.278 e. The smallest absolute Gasteiger partial charge is 0.278 e. The fraction of sp³-hybridized carbons (Fsp3) is 0.400. The van der Waals surface area contributed by atoms with Crippen LogP contribution in [0.5, 0.6) is 0 Å². The second-order valence-corrected chi connectivity index (χ2v) is 5.78. The molecule has 0 atom stereocenters. The van der Waals surface area contributed by atoms with Crippen LogP contribution in [0, 0.1) is 10.1 Å². The van der Waals surface area contributed by atoms with Gasteiger partial charge in [-0.1, -0.05) is 6.42 Å². The number of hydrogen-bond acceptors (Lipinski definition) is 5. The van der Waals surface area contributed by atoms with E-state index in [1.807, 2.05) is 17.8 Å². The summed E-state index contributed by atoms with van der Waals surface area (Å²) in [5.74, 6) is 1.20. The van der Waals surface area contributed by atoms with Crippen molar-refractivity contribution in [2.75, 3.05) is 23.9 Å². The molecule has 0 unspecified atom stereocenters. The van der Waals surface area contributed by atoms with Gasteiger partial charge in [0, 0.05) is 36.1 Å². The van der Waals surface area contributed by atoms with Gasteiger partial charge in [0.15, 0.2) is 0 Å². The third-order valence-electron chi connectivity index (χ3n) is 3.33. The van der Waals surface area contributed by atoms with Crippen molar-refractivity contribution in [2.24, 2.45) is 0 Å². The molecule has 1 N–H and O–H groups in total. The van der Waals surface area contributed by atoms with Crippen molar-refractivity contribution in [3.63, 3.8) is 0 Å². The number of rotatable bonds is 8. The Hall–Kier alpha value is -1.82. The van der Waals surface area contributed by atoms with Crippen LogP contribution in [0.2, 0.25) is 0 Å². The first kappa shape index (κ1) is 15.6. The molecule has 2 rings (SSSR count). The van der Waals surface area contributed by atoms with Crippen LogP contribution < -0.4 is 5.32 Å². The summed E-state index contributed by atoms with van der Waals surface area (Å²) in [4.78, 5) is 14.7. The van der Waals surface area contributed by atoms with Crippen molar-refractivity contribution < 1.29 is 4.92 Å². The van der Waals surface area contributed by atoms with E-state index in [1.165, 1.54) is 18.6 Å². The molecule has 0 aliphatic rings. The molecule has 0 aliphatic carbocycles. The van der Waals surface area contributed by atoms with Crippen LogP contribution in [0.25, 0.3) is 10.8 Å². The highest BCUT2D eigenvalue weighted by Crippen LogP contribution is 2.30. The fourth-order valence-electron chi connectivity index (χ4n) is 2.26. The highest BCUT2D eigenvalue weighted by Gasteiger charge is 2.13. The Kier molecular flexibility index (Phi) is 5.80. The standard InChI is InChI=1S/C15H19N3O2S/c1-21-10-4-2-3-8-17-14-5-6-15(18(19)20)13-11-16-9-7-12(13)14/h5-7,9,11,17H,2-4,8,10H2,1H3. The van der Waals surface area contributed by atoms with E-state index in [0.29, 0.717) is 5.39 Å². The molecule has 0 saturated heterocycles. The molecule has 0 radical (unpaired) electrons. The second kappa shape index (κ2) is 7.83. The lowest BCUT2D eigenvalue weighted by molar-refractivity contribution is -0.383. The van der Waals surface area contributed by atoms with E-state index in [2.05, 4.69) is 16.6 Å². The molecule has 0 saturated carbocycles. The van der Waals surface area contributed by atoms with E-state index in [1.54, 1.807) is 24.5 Å². The first-order valence-corrected chi connectivity index (χ1v) is 8.37. The number of nitro groups is 1. The van der Waals surface area contributed by atoms with Crippen LogP contribution in [0.15, 0.2) is 30.6 Å². The molecule has 112 valence electrons. The monoisotopic (exact) mass is 305 g/mol. The van der Waals surface area contributed by atoms with E-state index in [0.717, 1.165) is 24.0 Å². The van der Waals surface area contributed by atoms with Crippen molar-refractivity contribution in [1.29, 1.82) is 0 Å². The minimum atomic E-state index is -0.365. The summed E-state index contributed by atoms with van der Waals surface area (Å²) in [5.41, 5.74) is 1.03. The van der Waals surface area contributed by atoms with E-state index in [9.17, 15) is 10.1 Å². The number of non-ortho nitro benzene ring substituents is 1. The molecule has 0 bridgehead atoms. The van der Waals surface area contributed by atoms with Gasteiger partial charge in [-0.3, -0.25) is 15.1 Å². The van der Waals surface area contributed by atoms with Crippen LogP contribution >= 0.6 is 11.8 Å². The average Bonchev–Trinajstić information content (AvgIpc) is 2.50. The Bertz CT molecular complexity index is 619. The highest BCUT2D eigenvalue weighted by atomic mass is 32.2. The maximum atomic E-state index is 11.0. The SMILES string of the molecule is CSCCCCCNc1ccc([N+](=O)[O-])c2cnccc12. The van der Waals surface area contributed by atoms with Gasteiger partial charge in [0.25, 0.3) is 5.69 Å². The third kappa shape index (κ3) is 4.07. The van der Waals surface area contributed by atoms with E-state index in [-0.39, 0.29) is 10.6 Å². The summed E-state index contributed by atoms with van der Waals surface area (Å²) in [6, 6.07) is 5.14. The van der Waals surface area contributed by atoms with Crippen molar-refractivity contribution in [2.45, 2.75) is 19.3 Å². The fourth-order valence-corrected chi connectivity index (χ4v) is 2.75. The van der Waals surface area contributed by atoms with Crippen LogP contribution in [-0.4, -0.2) is 28.5 Å². The van der Waals surface area contributed by atoms with Crippen LogP contribution in [-0.2, 0) is 0 Å². The molecule has 1 aromatic heterocycles. The average molecular weight is 305 g/mol. The molecular formula is C15H19N3O2S. The number of aromatic nitrogens is 1. The minimum absolute atomic E-state index is 0.101. The Balaban J connectivity index is 2.07. The predicted octanol–water partition coefficient (Wildman–Crippen LogP) is 4.09. The first-order valence-electron chi connectivity index (χ1n) is 6.98. The summed E-state index contributed by atoms with van der Waals surface area (Å²) in [7, 11) is 0. The molecule has 0 spiro atoms. The largest absolute Gasteiger partial charge is 0.385 e. The zero-order valence-corrected chi connectivity index (χ0v) is 12.9. The lowest BCUT2D eigenvalue weighted by Crippen LogP contribution is -2.03. The lowest BCUT2D eigenvalue weighted by atomic mass is 10.1. The Morgan fingerprint density at radius 2 is 2.10 bits per heavy atom. The van der Waals surface area contributed by atoms with Gasteiger partial charge in [-0.05, 0) is 37.0 Å². The van der Waals surface area contributed by atoms with Gasteiger partial charge in [-0.15, -0.1) is 0 Å². The first-order chi connectivity index (χ1) is 10.2. The van der Waals surface area contributed by atoms with Gasteiger partial charge in [0.05, 0.1) is 10.3 Å². The highest BCUT2D eigenvalue weighted by molar-refractivity contribution is 7.98. The van der Waals surface area contributed by atoms with Crippen LogP contribution in [0.3, 0.4) is 0 Å². The number of hydrogen-bond donors (Lipinski definition) is 1. The number of nitrogens with one attached hydrogen (secondary N) is 1. The van der Waals surface area contributed by atoms with Gasteiger partial charge in [0.2, 0.25) is 0 Å². The number of anilines is 1. The topological polar surface area (TPSA) is 68.1 Å².